The van der Waals surface area contributed by atoms with Crippen molar-refractivity contribution in [3.05, 3.63) is 23.8 Å². The van der Waals surface area contributed by atoms with E-state index in [1.807, 2.05) is 24.2 Å². The largest absolute Gasteiger partial charge is 0.367 e. The standard InChI is InChI=1S/C15H23N3OS/c1-15(4-2-3-7-19-15)14-16-10-13(11-17-14)12-18-5-8-20-9-6-18/h10-11H,2-9,12H2,1H3/t15-/m0/s1. The van der Waals surface area contributed by atoms with E-state index in [2.05, 4.69) is 21.8 Å². The highest BCUT2D eigenvalue weighted by atomic mass is 32.2. The summed E-state index contributed by atoms with van der Waals surface area (Å²) in [5.41, 5.74) is 0.929. The molecular formula is C15H23N3OS. The Hall–Kier alpha value is -0.650. The van der Waals surface area contributed by atoms with Crippen molar-refractivity contribution in [2.24, 2.45) is 0 Å². The molecular weight excluding hydrogens is 270 g/mol. The maximum atomic E-state index is 5.90. The van der Waals surface area contributed by atoms with Gasteiger partial charge in [-0.15, -0.1) is 0 Å². The lowest BCUT2D eigenvalue weighted by Crippen LogP contribution is -2.33. The van der Waals surface area contributed by atoms with Crippen LogP contribution in [0.15, 0.2) is 12.4 Å². The number of rotatable bonds is 3. The zero-order valence-corrected chi connectivity index (χ0v) is 13.0. The quantitative estimate of drug-likeness (QED) is 0.856. The summed E-state index contributed by atoms with van der Waals surface area (Å²) in [7, 11) is 0. The Morgan fingerprint density at radius 2 is 2.00 bits per heavy atom. The fraction of sp³-hybridized carbons (Fsp3) is 0.733. The lowest BCUT2D eigenvalue weighted by atomic mass is 9.95. The van der Waals surface area contributed by atoms with Crippen LogP contribution >= 0.6 is 11.8 Å². The van der Waals surface area contributed by atoms with Gasteiger partial charge in [0.15, 0.2) is 5.82 Å². The summed E-state index contributed by atoms with van der Waals surface area (Å²) in [5, 5.41) is 0. The predicted molar refractivity (Wildman–Crippen MR) is 81.8 cm³/mol. The van der Waals surface area contributed by atoms with Crippen LogP contribution in [0.2, 0.25) is 0 Å². The summed E-state index contributed by atoms with van der Waals surface area (Å²) in [5.74, 6) is 3.32. The second-order valence-corrected chi connectivity index (χ2v) is 7.06. The van der Waals surface area contributed by atoms with Gasteiger partial charge in [0.05, 0.1) is 0 Å². The number of hydrogen-bond donors (Lipinski definition) is 0. The zero-order chi connectivity index (χ0) is 13.8. The Morgan fingerprint density at radius 3 is 2.65 bits per heavy atom. The topological polar surface area (TPSA) is 38.2 Å². The van der Waals surface area contributed by atoms with E-state index in [0.717, 1.165) is 31.8 Å². The van der Waals surface area contributed by atoms with Crippen molar-refractivity contribution in [2.75, 3.05) is 31.2 Å². The first-order valence-electron chi connectivity index (χ1n) is 7.52. The second-order valence-electron chi connectivity index (χ2n) is 5.84. The Bertz CT molecular complexity index is 425. The predicted octanol–water partition coefficient (Wildman–Crippen LogP) is 2.44. The molecule has 5 heteroatoms. The molecule has 0 aliphatic carbocycles. The molecule has 0 saturated carbocycles. The molecule has 2 fully saturated rings. The van der Waals surface area contributed by atoms with E-state index in [4.69, 9.17) is 4.74 Å². The molecule has 110 valence electrons. The molecule has 1 aromatic rings. The molecule has 3 heterocycles. The second kappa shape index (κ2) is 6.41. The zero-order valence-electron chi connectivity index (χ0n) is 12.2. The fourth-order valence-corrected chi connectivity index (χ4v) is 3.82. The first-order chi connectivity index (χ1) is 9.76. The van der Waals surface area contributed by atoms with Crippen molar-refractivity contribution in [2.45, 2.75) is 38.3 Å². The van der Waals surface area contributed by atoms with Crippen LogP contribution in [0, 0.1) is 0 Å². The van der Waals surface area contributed by atoms with Crippen LogP contribution in [0.3, 0.4) is 0 Å². The van der Waals surface area contributed by atoms with E-state index in [9.17, 15) is 0 Å². The Balaban J connectivity index is 1.64. The van der Waals surface area contributed by atoms with Crippen LogP contribution in [0.5, 0.6) is 0 Å². The van der Waals surface area contributed by atoms with Crippen LogP contribution in [-0.4, -0.2) is 46.1 Å². The number of aromatic nitrogens is 2. The van der Waals surface area contributed by atoms with Crippen LogP contribution in [0.1, 0.15) is 37.6 Å². The van der Waals surface area contributed by atoms with Crippen molar-refractivity contribution in [3.8, 4) is 0 Å². The van der Waals surface area contributed by atoms with Gasteiger partial charge in [-0.3, -0.25) is 4.90 Å². The average molecular weight is 293 g/mol. The molecule has 3 rings (SSSR count). The Morgan fingerprint density at radius 1 is 1.25 bits per heavy atom. The van der Waals surface area contributed by atoms with Crippen LogP contribution in [0.25, 0.3) is 0 Å². The maximum Gasteiger partial charge on any atom is 0.159 e. The van der Waals surface area contributed by atoms with Crippen molar-refractivity contribution >= 4 is 11.8 Å². The molecule has 20 heavy (non-hydrogen) atoms. The molecule has 0 radical (unpaired) electrons. The van der Waals surface area contributed by atoms with Crippen molar-refractivity contribution in [1.82, 2.24) is 14.9 Å². The highest BCUT2D eigenvalue weighted by molar-refractivity contribution is 7.99. The van der Waals surface area contributed by atoms with Crippen molar-refractivity contribution in [3.63, 3.8) is 0 Å². The Kier molecular flexibility index (Phi) is 4.58. The molecule has 0 bridgehead atoms. The molecule has 0 unspecified atom stereocenters. The third-order valence-electron chi connectivity index (χ3n) is 4.16. The normalized spacial score (nSPS) is 28.4. The van der Waals surface area contributed by atoms with Crippen LogP contribution < -0.4 is 0 Å². The van der Waals surface area contributed by atoms with E-state index < -0.39 is 0 Å². The van der Waals surface area contributed by atoms with E-state index in [1.165, 1.54) is 36.6 Å². The van der Waals surface area contributed by atoms with Crippen molar-refractivity contribution in [1.29, 1.82) is 0 Å². The molecule has 2 saturated heterocycles. The highest BCUT2D eigenvalue weighted by Gasteiger charge is 2.32. The summed E-state index contributed by atoms with van der Waals surface area (Å²) >= 11 is 2.04. The average Bonchev–Trinajstić information content (AvgIpc) is 2.50. The van der Waals surface area contributed by atoms with Gasteiger partial charge in [0.1, 0.15) is 5.60 Å². The first kappa shape index (κ1) is 14.3. The summed E-state index contributed by atoms with van der Waals surface area (Å²) in [6.45, 7) is 6.26. The lowest BCUT2D eigenvalue weighted by Gasteiger charge is -2.32. The summed E-state index contributed by atoms with van der Waals surface area (Å²) in [6, 6.07) is 0. The fourth-order valence-electron chi connectivity index (χ4n) is 2.84. The van der Waals surface area contributed by atoms with Gasteiger partial charge < -0.3 is 4.74 Å². The summed E-state index contributed by atoms with van der Waals surface area (Å²) in [4.78, 5) is 11.6. The molecule has 2 aliphatic heterocycles. The van der Waals surface area contributed by atoms with E-state index >= 15 is 0 Å². The van der Waals surface area contributed by atoms with Crippen LogP contribution in [0.4, 0.5) is 0 Å². The van der Waals surface area contributed by atoms with Gasteiger partial charge in [0.2, 0.25) is 0 Å². The van der Waals surface area contributed by atoms with Crippen molar-refractivity contribution < 1.29 is 4.74 Å². The van der Waals surface area contributed by atoms with E-state index in [-0.39, 0.29) is 5.60 Å². The van der Waals surface area contributed by atoms with E-state index in [1.54, 1.807) is 0 Å². The molecule has 0 amide bonds. The first-order valence-corrected chi connectivity index (χ1v) is 8.67. The van der Waals surface area contributed by atoms with Gasteiger partial charge in [-0.1, -0.05) is 0 Å². The maximum absolute atomic E-state index is 5.90. The van der Waals surface area contributed by atoms with Gasteiger partial charge in [-0.2, -0.15) is 11.8 Å². The Labute approximate surface area is 125 Å². The minimum absolute atomic E-state index is 0.279. The molecule has 0 N–H and O–H groups in total. The highest BCUT2D eigenvalue weighted by Crippen LogP contribution is 2.32. The molecule has 1 atom stereocenters. The van der Waals surface area contributed by atoms with Gasteiger partial charge in [-0.25, -0.2) is 9.97 Å². The third kappa shape index (κ3) is 3.32. The SMILES string of the molecule is C[C@@]1(c2ncc(CN3CCSCC3)cn2)CCCCO1. The number of ether oxygens (including phenoxy) is 1. The summed E-state index contributed by atoms with van der Waals surface area (Å²) in [6.07, 6.45) is 7.34. The smallest absolute Gasteiger partial charge is 0.159 e. The molecule has 4 nitrogen and oxygen atoms in total. The van der Waals surface area contributed by atoms with Crippen LogP contribution in [-0.2, 0) is 16.9 Å². The molecule has 0 aromatic carbocycles. The van der Waals surface area contributed by atoms with Gasteiger partial charge >= 0.3 is 0 Å². The van der Waals surface area contributed by atoms with E-state index in [0.29, 0.717) is 0 Å². The van der Waals surface area contributed by atoms with Gasteiger partial charge in [0.25, 0.3) is 0 Å². The number of hydrogen-bond acceptors (Lipinski definition) is 5. The molecule has 1 aromatic heterocycles. The summed E-state index contributed by atoms with van der Waals surface area (Å²) < 4.78 is 5.90. The minimum atomic E-state index is -0.279. The molecule has 2 aliphatic rings. The number of nitrogens with zero attached hydrogens (tertiary/aromatic N) is 3. The molecule has 0 spiro atoms. The minimum Gasteiger partial charge on any atom is -0.367 e. The number of thioether (sulfide) groups is 1. The third-order valence-corrected chi connectivity index (χ3v) is 5.10. The lowest BCUT2D eigenvalue weighted by molar-refractivity contribution is -0.0761. The monoisotopic (exact) mass is 293 g/mol. The van der Waals surface area contributed by atoms with Gasteiger partial charge in [0, 0.05) is 55.7 Å². The van der Waals surface area contributed by atoms with Gasteiger partial charge in [-0.05, 0) is 26.2 Å².